The standard InChI is InChI=1S/C23H22N4O2/c1-13-4-6-19-18(10-13)11-17(23(29)27-19)8-9-24-22(28)16-5-7-20-21(12-16)26-15(3)14(2)25-20/h4-7,10-12H,8-9H2,1-3H3,(H,24,28)(H,27,29). The van der Waals surface area contributed by atoms with Crippen molar-refractivity contribution in [3.63, 3.8) is 0 Å². The summed E-state index contributed by atoms with van der Waals surface area (Å²) in [5, 5.41) is 3.88. The molecule has 0 radical (unpaired) electrons. The van der Waals surface area contributed by atoms with Crippen LogP contribution in [0.1, 0.15) is 32.9 Å². The van der Waals surface area contributed by atoms with E-state index >= 15 is 0 Å². The summed E-state index contributed by atoms with van der Waals surface area (Å²) < 4.78 is 0. The normalized spacial score (nSPS) is 11.1. The van der Waals surface area contributed by atoms with Crippen LogP contribution in [0.2, 0.25) is 0 Å². The molecule has 0 fully saturated rings. The molecule has 0 atom stereocenters. The Bertz CT molecular complexity index is 1310. The van der Waals surface area contributed by atoms with Crippen LogP contribution in [0.15, 0.2) is 47.3 Å². The predicted molar refractivity (Wildman–Crippen MR) is 114 cm³/mol. The van der Waals surface area contributed by atoms with Crippen molar-refractivity contribution < 1.29 is 4.79 Å². The van der Waals surface area contributed by atoms with Crippen molar-refractivity contribution in [3.05, 3.63) is 80.9 Å². The summed E-state index contributed by atoms with van der Waals surface area (Å²) in [6.07, 6.45) is 0.455. The second-order valence-electron chi connectivity index (χ2n) is 7.32. The number of hydrogen-bond donors (Lipinski definition) is 2. The van der Waals surface area contributed by atoms with E-state index in [1.807, 2.05) is 45.0 Å². The van der Waals surface area contributed by atoms with Gasteiger partial charge in [0.1, 0.15) is 0 Å². The van der Waals surface area contributed by atoms with Gasteiger partial charge in [-0.25, -0.2) is 9.97 Å². The molecule has 0 spiro atoms. The first-order valence-electron chi connectivity index (χ1n) is 9.56. The monoisotopic (exact) mass is 386 g/mol. The molecular formula is C23H22N4O2. The number of fused-ring (bicyclic) bond motifs is 2. The summed E-state index contributed by atoms with van der Waals surface area (Å²) >= 11 is 0. The number of amides is 1. The van der Waals surface area contributed by atoms with Crippen LogP contribution in [0.25, 0.3) is 21.9 Å². The number of H-pyrrole nitrogens is 1. The van der Waals surface area contributed by atoms with Gasteiger partial charge >= 0.3 is 0 Å². The third kappa shape index (κ3) is 3.87. The summed E-state index contributed by atoms with van der Waals surface area (Å²) in [6.45, 7) is 6.20. The molecule has 0 bridgehead atoms. The SMILES string of the molecule is Cc1ccc2[nH]c(=O)c(CCNC(=O)c3ccc4nc(C)c(C)nc4c3)cc2c1. The Morgan fingerprint density at radius 1 is 0.966 bits per heavy atom. The summed E-state index contributed by atoms with van der Waals surface area (Å²) in [5.74, 6) is -0.194. The Morgan fingerprint density at radius 3 is 2.52 bits per heavy atom. The van der Waals surface area contributed by atoms with Gasteiger partial charge in [-0.15, -0.1) is 0 Å². The first-order valence-corrected chi connectivity index (χ1v) is 9.56. The van der Waals surface area contributed by atoms with E-state index in [-0.39, 0.29) is 11.5 Å². The molecule has 6 nitrogen and oxygen atoms in total. The highest BCUT2D eigenvalue weighted by Crippen LogP contribution is 2.15. The smallest absolute Gasteiger partial charge is 0.251 e. The molecule has 146 valence electrons. The molecule has 0 saturated heterocycles. The summed E-state index contributed by atoms with van der Waals surface area (Å²) in [7, 11) is 0. The van der Waals surface area contributed by atoms with Gasteiger partial charge < -0.3 is 10.3 Å². The van der Waals surface area contributed by atoms with Crippen molar-refractivity contribution in [1.82, 2.24) is 20.3 Å². The van der Waals surface area contributed by atoms with Crippen LogP contribution in [0.3, 0.4) is 0 Å². The zero-order chi connectivity index (χ0) is 20.5. The average molecular weight is 386 g/mol. The van der Waals surface area contributed by atoms with E-state index in [4.69, 9.17) is 0 Å². The minimum Gasteiger partial charge on any atom is -0.352 e. The van der Waals surface area contributed by atoms with Gasteiger partial charge in [0, 0.05) is 23.2 Å². The number of pyridine rings is 1. The number of nitrogens with one attached hydrogen (secondary N) is 2. The van der Waals surface area contributed by atoms with Gasteiger partial charge in [0.2, 0.25) is 0 Å². The Hall–Kier alpha value is -3.54. The van der Waals surface area contributed by atoms with Gasteiger partial charge in [-0.2, -0.15) is 0 Å². The number of hydrogen-bond acceptors (Lipinski definition) is 4. The molecule has 29 heavy (non-hydrogen) atoms. The Balaban J connectivity index is 1.48. The lowest BCUT2D eigenvalue weighted by Crippen LogP contribution is -2.27. The third-order valence-electron chi connectivity index (χ3n) is 5.09. The fourth-order valence-electron chi connectivity index (χ4n) is 3.34. The second kappa shape index (κ2) is 7.47. The van der Waals surface area contributed by atoms with Gasteiger partial charge in [0.15, 0.2) is 0 Å². The molecule has 4 aromatic rings. The van der Waals surface area contributed by atoms with Crippen LogP contribution in [-0.2, 0) is 6.42 Å². The quantitative estimate of drug-likeness (QED) is 0.563. The maximum Gasteiger partial charge on any atom is 0.251 e. The third-order valence-corrected chi connectivity index (χ3v) is 5.09. The first kappa shape index (κ1) is 18.8. The molecule has 4 rings (SSSR count). The van der Waals surface area contributed by atoms with Gasteiger partial charge in [-0.05, 0) is 69.0 Å². The van der Waals surface area contributed by atoms with E-state index in [9.17, 15) is 9.59 Å². The van der Waals surface area contributed by atoms with E-state index in [1.165, 1.54) is 0 Å². The van der Waals surface area contributed by atoms with Crippen LogP contribution in [0, 0.1) is 20.8 Å². The highest BCUT2D eigenvalue weighted by atomic mass is 16.1. The Labute approximate surface area is 168 Å². The average Bonchev–Trinajstić information content (AvgIpc) is 2.69. The van der Waals surface area contributed by atoms with Crippen LogP contribution in [0.5, 0.6) is 0 Å². The highest BCUT2D eigenvalue weighted by Gasteiger charge is 2.10. The van der Waals surface area contributed by atoms with Crippen molar-refractivity contribution in [2.75, 3.05) is 6.54 Å². The second-order valence-corrected chi connectivity index (χ2v) is 7.32. The van der Waals surface area contributed by atoms with Crippen LogP contribution in [0.4, 0.5) is 0 Å². The molecule has 2 N–H and O–H groups in total. The highest BCUT2D eigenvalue weighted by molar-refractivity contribution is 5.97. The van der Waals surface area contributed by atoms with Crippen molar-refractivity contribution in [2.45, 2.75) is 27.2 Å². The minimum atomic E-state index is -0.194. The van der Waals surface area contributed by atoms with Gasteiger partial charge in [-0.3, -0.25) is 9.59 Å². The largest absolute Gasteiger partial charge is 0.352 e. The van der Waals surface area contributed by atoms with Crippen LogP contribution >= 0.6 is 0 Å². The van der Waals surface area contributed by atoms with Crippen LogP contribution in [-0.4, -0.2) is 27.4 Å². The number of aryl methyl sites for hydroxylation is 3. The molecule has 2 aromatic heterocycles. The number of aromatic nitrogens is 3. The molecular weight excluding hydrogens is 364 g/mol. The molecule has 0 saturated carbocycles. The van der Waals surface area contributed by atoms with Crippen molar-refractivity contribution in [3.8, 4) is 0 Å². The summed E-state index contributed by atoms with van der Waals surface area (Å²) in [4.78, 5) is 36.7. The Morgan fingerprint density at radius 2 is 1.72 bits per heavy atom. The summed E-state index contributed by atoms with van der Waals surface area (Å²) in [5.41, 5.74) is 6.19. The van der Waals surface area contributed by atoms with E-state index < -0.39 is 0 Å². The van der Waals surface area contributed by atoms with Gasteiger partial charge in [-0.1, -0.05) is 11.6 Å². The first-order chi connectivity index (χ1) is 13.9. The van der Waals surface area contributed by atoms with Crippen LogP contribution < -0.4 is 10.9 Å². The summed E-state index contributed by atoms with van der Waals surface area (Å²) in [6, 6.07) is 13.1. The number of nitrogens with zero attached hydrogens (tertiary/aromatic N) is 2. The van der Waals surface area contributed by atoms with Gasteiger partial charge in [0.05, 0.1) is 22.4 Å². The number of carbonyl (C=O) groups is 1. The van der Waals surface area contributed by atoms with E-state index in [0.29, 0.717) is 29.6 Å². The molecule has 0 aliphatic heterocycles. The van der Waals surface area contributed by atoms with Crippen molar-refractivity contribution >= 4 is 27.8 Å². The fourth-order valence-corrected chi connectivity index (χ4v) is 3.34. The molecule has 0 aliphatic rings. The molecule has 0 unspecified atom stereocenters. The topological polar surface area (TPSA) is 87.7 Å². The lowest BCUT2D eigenvalue weighted by atomic mass is 10.1. The number of benzene rings is 2. The van der Waals surface area contributed by atoms with E-state index in [2.05, 4.69) is 20.3 Å². The molecule has 2 aromatic carbocycles. The fraction of sp³-hybridized carbons (Fsp3) is 0.217. The van der Waals surface area contributed by atoms with Crippen molar-refractivity contribution in [1.29, 1.82) is 0 Å². The lowest BCUT2D eigenvalue weighted by Gasteiger charge is -2.08. The number of carbonyl (C=O) groups excluding carboxylic acids is 1. The van der Waals surface area contributed by atoms with E-state index in [0.717, 1.165) is 33.4 Å². The molecule has 2 heterocycles. The zero-order valence-corrected chi connectivity index (χ0v) is 16.7. The maximum absolute atomic E-state index is 12.5. The predicted octanol–water partition coefficient (Wildman–Crippen LogP) is 3.37. The minimum absolute atomic E-state index is 0.123. The zero-order valence-electron chi connectivity index (χ0n) is 16.7. The molecule has 1 amide bonds. The number of aromatic amines is 1. The Kier molecular flexibility index (Phi) is 4.84. The maximum atomic E-state index is 12.5. The molecule has 6 heteroatoms. The van der Waals surface area contributed by atoms with Gasteiger partial charge in [0.25, 0.3) is 11.5 Å². The number of rotatable bonds is 4. The lowest BCUT2D eigenvalue weighted by molar-refractivity contribution is 0.0954. The van der Waals surface area contributed by atoms with Crippen molar-refractivity contribution in [2.24, 2.45) is 0 Å². The molecule has 0 aliphatic carbocycles. The van der Waals surface area contributed by atoms with E-state index in [1.54, 1.807) is 18.2 Å².